The molecule has 1 aliphatic rings. The van der Waals surface area contributed by atoms with Gasteiger partial charge in [0.05, 0.1) is 20.3 Å². The van der Waals surface area contributed by atoms with Gasteiger partial charge in [0.2, 0.25) is 0 Å². The number of carbonyl (C=O) groups excluding carboxylic acids is 1. The van der Waals surface area contributed by atoms with E-state index in [2.05, 4.69) is 33.9 Å². The van der Waals surface area contributed by atoms with Gasteiger partial charge >= 0.3 is 0 Å². The molecule has 0 aliphatic carbocycles. The first-order chi connectivity index (χ1) is 14.2. The maximum atomic E-state index is 12.8. The molecule has 0 saturated heterocycles. The smallest absolute Gasteiger partial charge is 0.162 e. The molecule has 1 aromatic carbocycles. The largest absolute Gasteiger partial charge is 0.493 e. The molecule has 0 radical (unpaired) electrons. The molecule has 0 amide bonds. The number of ether oxygens (including phenoxy) is 2. The number of hydrogen-bond donors (Lipinski definition) is 2. The Morgan fingerprint density at radius 3 is 2.83 bits per heavy atom. The van der Waals surface area contributed by atoms with Crippen molar-refractivity contribution in [3.05, 3.63) is 52.4 Å². The van der Waals surface area contributed by atoms with E-state index in [0.717, 1.165) is 42.5 Å². The van der Waals surface area contributed by atoms with Crippen LogP contribution in [0.2, 0.25) is 0 Å². The summed E-state index contributed by atoms with van der Waals surface area (Å²) in [5, 5.41) is 6.56. The van der Waals surface area contributed by atoms with Crippen molar-refractivity contribution in [1.82, 2.24) is 10.3 Å². The van der Waals surface area contributed by atoms with Crippen molar-refractivity contribution in [3.63, 3.8) is 0 Å². The molecular formula is C23H26N2O3S. The van der Waals surface area contributed by atoms with Crippen LogP contribution in [-0.4, -0.2) is 37.6 Å². The van der Waals surface area contributed by atoms with Gasteiger partial charge in [0.25, 0.3) is 0 Å². The second-order valence-corrected chi connectivity index (χ2v) is 8.21. The molecule has 1 atom stereocenters. The van der Waals surface area contributed by atoms with Gasteiger partial charge in [-0.2, -0.15) is 0 Å². The van der Waals surface area contributed by atoms with Crippen molar-refractivity contribution in [2.75, 3.05) is 20.8 Å². The van der Waals surface area contributed by atoms with Crippen LogP contribution in [0.4, 0.5) is 0 Å². The average molecular weight is 411 g/mol. The predicted octanol–water partition coefficient (Wildman–Crippen LogP) is 4.58. The van der Waals surface area contributed by atoms with Gasteiger partial charge in [-0.15, -0.1) is 11.3 Å². The third-order valence-corrected chi connectivity index (χ3v) is 6.45. The summed E-state index contributed by atoms with van der Waals surface area (Å²) < 4.78 is 10.8. The molecule has 5 nitrogen and oxygen atoms in total. The summed E-state index contributed by atoms with van der Waals surface area (Å²) >= 11 is 1.74. The van der Waals surface area contributed by atoms with E-state index < -0.39 is 0 Å². The molecule has 3 aromatic rings. The van der Waals surface area contributed by atoms with E-state index in [1.165, 1.54) is 16.0 Å². The van der Waals surface area contributed by atoms with Crippen molar-refractivity contribution in [2.24, 2.45) is 0 Å². The molecule has 0 saturated carbocycles. The fraction of sp³-hybridized carbons (Fsp3) is 0.348. The number of fused-ring (bicyclic) bond motifs is 1. The Bertz CT molecular complexity index is 1020. The molecular weight excluding hydrogens is 384 g/mol. The third-order valence-electron chi connectivity index (χ3n) is 5.50. The van der Waals surface area contributed by atoms with E-state index >= 15 is 0 Å². The SMILES string of the molecule is COc1cc2[nH]cc(CCCC(=O)C3CC(c4cccs4)=CCN3)c2cc1OC. The first kappa shape index (κ1) is 19.7. The van der Waals surface area contributed by atoms with Gasteiger partial charge in [0.15, 0.2) is 11.5 Å². The molecule has 0 fully saturated rings. The lowest BCUT2D eigenvalue weighted by atomic mass is 9.94. The lowest BCUT2D eigenvalue weighted by Gasteiger charge is -2.22. The maximum Gasteiger partial charge on any atom is 0.162 e. The van der Waals surface area contributed by atoms with Gasteiger partial charge in [0, 0.05) is 41.0 Å². The van der Waals surface area contributed by atoms with Crippen LogP contribution in [0.25, 0.3) is 16.5 Å². The van der Waals surface area contributed by atoms with Crippen LogP contribution in [0.15, 0.2) is 41.9 Å². The Kier molecular flexibility index (Phi) is 6.02. The van der Waals surface area contributed by atoms with Crippen LogP contribution in [0.5, 0.6) is 11.5 Å². The van der Waals surface area contributed by atoms with Crippen molar-refractivity contribution in [1.29, 1.82) is 0 Å². The Morgan fingerprint density at radius 1 is 1.24 bits per heavy atom. The standard InChI is InChI=1S/C23H26N2O3S/c1-27-21-12-17-16(14-25-18(17)13-22(21)28-2)5-3-6-20(26)19-11-15(8-9-24-19)23-7-4-10-29-23/h4,7-8,10,12-14,19,24-25H,3,5-6,9,11H2,1-2H3. The fourth-order valence-electron chi connectivity index (χ4n) is 3.93. The summed E-state index contributed by atoms with van der Waals surface area (Å²) in [6, 6.07) is 8.06. The Hall–Kier alpha value is -2.57. The molecule has 6 heteroatoms. The zero-order valence-corrected chi connectivity index (χ0v) is 17.6. The first-order valence-corrected chi connectivity index (χ1v) is 10.8. The number of H-pyrrole nitrogens is 1. The van der Waals surface area contributed by atoms with Crippen molar-refractivity contribution in [2.45, 2.75) is 31.7 Å². The van der Waals surface area contributed by atoms with Gasteiger partial charge in [-0.1, -0.05) is 12.1 Å². The second kappa shape index (κ2) is 8.84. The molecule has 1 aliphatic heterocycles. The summed E-state index contributed by atoms with van der Waals surface area (Å²) in [7, 11) is 3.28. The molecule has 0 spiro atoms. The highest BCUT2D eigenvalue weighted by Gasteiger charge is 2.22. The minimum atomic E-state index is -0.0792. The van der Waals surface area contributed by atoms with E-state index in [4.69, 9.17) is 9.47 Å². The molecule has 1 unspecified atom stereocenters. The van der Waals surface area contributed by atoms with Gasteiger partial charge < -0.3 is 19.8 Å². The van der Waals surface area contributed by atoms with Crippen LogP contribution in [0.3, 0.4) is 0 Å². The lowest BCUT2D eigenvalue weighted by Crippen LogP contribution is -2.39. The number of hydrogen-bond acceptors (Lipinski definition) is 5. The monoisotopic (exact) mass is 410 g/mol. The molecule has 3 heterocycles. The van der Waals surface area contributed by atoms with Gasteiger partial charge in [-0.25, -0.2) is 0 Å². The summed E-state index contributed by atoms with van der Waals surface area (Å²) in [6.45, 7) is 0.758. The number of aromatic nitrogens is 1. The van der Waals surface area contributed by atoms with Crippen LogP contribution >= 0.6 is 11.3 Å². The number of rotatable bonds is 8. The van der Waals surface area contributed by atoms with Crippen LogP contribution < -0.4 is 14.8 Å². The number of methoxy groups -OCH3 is 2. The molecule has 2 N–H and O–H groups in total. The third kappa shape index (κ3) is 4.23. The van der Waals surface area contributed by atoms with Crippen LogP contribution in [-0.2, 0) is 11.2 Å². The van der Waals surface area contributed by atoms with Crippen LogP contribution in [0, 0.1) is 0 Å². The highest BCUT2D eigenvalue weighted by Crippen LogP contribution is 2.34. The number of aromatic amines is 1. The number of carbonyl (C=O) groups is 1. The Balaban J connectivity index is 1.36. The normalized spacial score (nSPS) is 16.6. The molecule has 4 rings (SSSR count). The fourth-order valence-corrected chi connectivity index (χ4v) is 4.71. The number of ketones is 1. The first-order valence-electron chi connectivity index (χ1n) is 9.90. The van der Waals surface area contributed by atoms with E-state index in [9.17, 15) is 4.79 Å². The van der Waals surface area contributed by atoms with Crippen LogP contribution in [0.1, 0.15) is 29.7 Å². The highest BCUT2D eigenvalue weighted by atomic mass is 32.1. The second-order valence-electron chi connectivity index (χ2n) is 7.26. The zero-order valence-electron chi connectivity index (χ0n) is 16.8. The molecule has 29 heavy (non-hydrogen) atoms. The van der Waals surface area contributed by atoms with Crippen molar-refractivity contribution in [3.8, 4) is 11.5 Å². The maximum absolute atomic E-state index is 12.8. The Morgan fingerprint density at radius 2 is 2.07 bits per heavy atom. The van der Waals surface area contributed by atoms with Gasteiger partial charge in [0.1, 0.15) is 5.78 Å². The van der Waals surface area contributed by atoms with Gasteiger partial charge in [-0.05, 0) is 47.9 Å². The number of thiophene rings is 1. The Labute approximate surface area is 174 Å². The predicted molar refractivity (Wildman–Crippen MR) is 118 cm³/mol. The molecule has 152 valence electrons. The quantitative estimate of drug-likeness (QED) is 0.570. The number of aryl methyl sites for hydroxylation is 1. The van der Waals surface area contributed by atoms with Crippen molar-refractivity contribution >= 4 is 33.6 Å². The van der Waals surface area contributed by atoms with E-state index in [-0.39, 0.29) is 6.04 Å². The summed E-state index contributed by atoms with van der Waals surface area (Å²) in [4.78, 5) is 17.3. The zero-order chi connectivity index (χ0) is 20.2. The van der Waals surface area contributed by atoms with E-state index in [0.29, 0.717) is 18.0 Å². The summed E-state index contributed by atoms with van der Waals surface area (Å²) in [6.07, 6.45) is 7.25. The average Bonchev–Trinajstić information content (AvgIpc) is 3.43. The molecule has 0 bridgehead atoms. The topological polar surface area (TPSA) is 63.4 Å². The van der Waals surface area contributed by atoms with E-state index in [1.807, 2.05) is 18.3 Å². The minimum absolute atomic E-state index is 0.0792. The highest BCUT2D eigenvalue weighted by molar-refractivity contribution is 7.11. The molecule has 2 aromatic heterocycles. The summed E-state index contributed by atoms with van der Waals surface area (Å²) in [5.41, 5.74) is 3.50. The number of nitrogens with one attached hydrogen (secondary N) is 2. The van der Waals surface area contributed by atoms with E-state index in [1.54, 1.807) is 25.6 Å². The summed E-state index contributed by atoms with van der Waals surface area (Å²) in [5.74, 6) is 1.73. The minimum Gasteiger partial charge on any atom is -0.493 e. The van der Waals surface area contributed by atoms with Gasteiger partial charge in [-0.3, -0.25) is 4.79 Å². The van der Waals surface area contributed by atoms with Crippen molar-refractivity contribution < 1.29 is 14.3 Å². The number of Topliss-reactive ketones (excluding diaryl/α,β-unsaturated/α-hetero) is 1. The lowest BCUT2D eigenvalue weighted by molar-refractivity contribution is -0.121. The number of benzene rings is 1.